The van der Waals surface area contributed by atoms with Crippen LogP contribution in [-0.4, -0.2) is 38.7 Å². The lowest BCUT2D eigenvalue weighted by atomic mass is 10.1. The number of anilines is 2. The van der Waals surface area contributed by atoms with E-state index in [1.54, 1.807) is 4.90 Å². The summed E-state index contributed by atoms with van der Waals surface area (Å²) in [6.45, 7) is 4.37. The third-order valence-electron chi connectivity index (χ3n) is 4.62. The van der Waals surface area contributed by atoms with E-state index < -0.39 is 0 Å². The average Bonchev–Trinajstić information content (AvgIpc) is 2.66. The summed E-state index contributed by atoms with van der Waals surface area (Å²) in [5.41, 5.74) is 2.94. The zero-order valence-electron chi connectivity index (χ0n) is 14.3. The number of ether oxygens (including phenoxy) is 1. The lowest BCUT2D eigenvalue weighted by Gasteiger charge is -2.35. The maximum absolute atomic E-state index is 12.5. The summed E-state index contributed by atoms with van der Waals surface area (Å²) in [6, 6.07) is 13.6. The number of para-hydroxylation sites is 1. The van der Waals surface area contributed by atoms with Crippen LogP contribution >= 0.6 is 24.0 Å². The van der Waals surface area contributed by atoms with Crippen molar-refractivity contribution in [2.75, 3.05) is 42.6 Å². The molecule has 1 amide bonds. The molecule has 2 aliphatic heterocycles. The van der Waals surface area contributed by atoms with E-state index >= 15 is 0 Å². The van der Waals surface area contributed by atoms with Crippen LogP contribution in [0.2, 0.25) is 5.02 Å². The fourth-order valence-corrected chi connectivity index (χ4v) is 3.45. The molecule has 1 N–H and O–H groups in total. The lowest BCUT2D eigenvalue weighted by Crippen LogP contribution is -2.44. The first-order valence-corrected chi connectivity index (χ1v) is 8.86. The van der Waals surface area contributed by atoms with Crippen molar-refractivity contribution in [3.63, 3.8) is 0 Å². The number of fused-ring (bicyclic) bond motifs is 1. The zero-order valence-corrected chi connectivity index (χ0v) is 15.9. The lowest BCUT2D eigenvalue weighted by molar-refractivity contribution is -0.121. The first-order chi connectivity index (χ1) is 12.2. The molecule has 0 saturated carbocycles. The minimum atomic E-state index is -0.0279. The van der Waals surface area contributed by atoms with Crippen LogP contribution in [0.15, 0.2) is 42.5 Å². The number of carbonyl (C=O) groups excluding carboxylic acids is 1. The SMILES string of the molecule is Cl.O=C1COc2c(N3CCNCC3)cccc2N1Cc1ccc(Cl)cc1. The molecule has 138 valence electrons. The van der Waals surface area contributed by atoms with E-state index in [9.17, 15) is 4.79 Å². The van der Waals surface area contributed by atoms with Crippen molar-refractivity contribution in [3.8, 4) is 5.75 Å². The van der Waals surface area contributed by atoms with Crippen molar-refractivity contribution in [2.24, 2.45) is 0 Å². The van der Waals surface area contributed by atoms with Gasteiger partial charge in [-0.2, -0.15) is 0 Å². The number of carbonyl (C=O) groups is 1. The van der Waals surface area contributed by atoms with Gasteiger partial charge in [-0.1, -0.05) is 29.8 Å². The van der Waals surface area contributed by atoms with Gasteiger partial charge in [-0.15, -0.1) is 12.4 Å². The standard InChI is InChI=1S/C19H20ClN3O2.ClH/c20-15-6-4-14(5-7-15)12-23-17-3-1-2-16(19(17)25-13-18(23)24)22-10-8-21-9-11-22;/h1-7,21H,8-13H2;1H. The normalized spacial score (nSPS) is 16.6. The van der Waals surface area contributed by atoms with Crippen LogP contribution in [0.25, 0.3) is 0 Å². The molecule has 1 saturated heterocycles. The van der Waals surface area contributed by atoms with Gasteiger partial charge in [0.2, 0.25) is 0 Å². The Morgan fingerprint density at radius 1 is 1.04 bits per heavy atom. The van der Waals surface area contributed by atoms with Crippen LogP contribution in [0.5, 0.6) is 5.75 Å². The van der Waals surface area contributed by atoms with E-state index in [-0.39, 0.29) is 24.9 Å². The Balaban J connectivity index is 0.00000196. The minimum Gasteiger partial charge on any atom is -0.479 e. The maximum Gasteiger partial charge on any atom is 0.265 e. The van der Waals surface area contributed by atoms with Crippen LogP contribution in [-0.2, 0) is 11.3 Å². The molecule has 5 nitrogen and oxygen atoms in total. The summed E-state index contributed by atoms with van der Waals surface area (Å²) in [5, 5.41) is 4.05. The largest absolute Gasteiger partial charge is 0.479 e. The number of nitrogens with zero attached hydrogens (tertiary/aromatic N) is 2. The topological polar surface area (TPSA) is 44.8 Å². The number of halogens is 2. The molecular weight excluding hydrogens is 373 g/mol. The van der Waals surface area contributed by atoms with E-state index in [1.165, 1.54) is 0 Å². The summed E-state index contributed by atoms with van der Waals surface area (Å²) in [7, 11) is 0. The van der Waals surface area contributed by atoms with Crippen molar-refractivity contribution >= 4 is 41.3 Å². The molecule has 0 atom stereocenters. The molecule has 2 aromatic carbocycles. The fourth-order valence-electron chi connectivity index (χ4n) is 3.32. The Kier molecular flexibility index (Phi) is 5.91. The summed E-state index contributed by atoms with van der Waals surface area (Å²) in [5.74, 6) is 0.776. The van der Waals surface area contributed by atoms with Crippen LogP contribution in [0, 0.1) is 0 Å². The molecular formula is C19H21Cl2N3O2. The van der Waals surface area contributed by atoms with Crippen LogP contribution < -0.4 is 19.9 Å². The maximum atomic E-state index is 12.5. The van der Waals surface area contributed by atoms with Gasteiger partial charge >= 0.3 is 0 Å². The van der Waals surface area contributed by atoms with E-state index in [4.69, 9.17) is 16.3 Å². The van der Waals surface area contributed by atoms with E-state index in [1.807, 2.05) is 36.4 Å². The van der Waals surface area contributed by atoms with Gasteiger partial charge < -0.3 is 19.9 Å². The molecule has 0 aliphatic carbocycles. The Morgan fingerprint density at radius 2 is 1.73 bits per heavy atom. The first kappa shape index (κ1) is 18.8. The second kappa shape index (κ2) is 8.16. The predicted molar refractivity (Wildman–Crippen MR) is 107 cm³/mol. The number of piperazine rings is 1. The van der Waals surface area contributed by atoms with E-state index in [0.29, 0.717) is 11.6 Å². The highest BCUT2D eigenvalue weighted by molar-refractivity contribution is 6.30. The van der Waals surface area contributed by atoms with E-state index in [2.05, 4.69) is 16.3 Å². The van der Waals surface area contributed by atoms with E-state index in [0.717, 1.165) is 48.9 Å². The second-order valence-corrected chi connectivity index (χ2v) is 6.69. The Hall–Kier alpha value is -1.95. The van der Waals surface area contributed by atoms with Crippen LogP contribution in [0.3, 0.4) is 0 Å². The third kappa shape index (κ3) is 3.75. The average molecular weight is 394 g/mol. The Morgan fingerprint density at radius 3 is 2.46 bits per heavy atom. The second-order valence-electron chi connectivity index (χ2n) is 6.26. The number of benzene rings is 2. The van der Waals surface area contributed by atoms with Gasteiger partial charge in [0.1, 0.15) is 0 Å². The van der Waals surface area contributed by atoms with Crippen LogP contribution in [0.1, 0.15) is 5.56 Å². The van der Waals surface area contributed by atoms with Crippen molar-refractivity contribution in [2.45, 2.75) is 6.54 Å². The van der Waals surface area contributed by atoms with Crippen molar-refractivity contribution in [1.82, 2.24) is 5.32 Å². The highest BCUT2D eigenvalue weighted by Crippen LogP contribution is 2.41. The predicted octanol–water partition coefficient (Wildman–Crippen LogP) is 3.10. The monoisotopic (exact) mass is 393 g/mol. The van der Waals surface area contributed by atoms with Crippen molar-refractivity contribution < 1.29 is 9.53 Å². The summed E-state index contributed by atoms with van der Waals surface area (Å²) in [4.78, 5) is 16.6. The molecule has 0 aromatic heterocycles. The quantitative estimate of drug-likeness (QED) is 0.869. The molecule has 0 bridgehead atoms. The van der Waals surface area contributed by atoms with Gasteiger partial charge in [0.25, 0.3) is 5.91 Å². The minimum absolute atomic E-state index is 0. The smallest absolute Gasteiger partial charge is 0.265 e. The first-order valence-electron chi connectivity index (χ1n) is 8.49. The molecule has 0 spiro atoms. The molecule has 4 rings (SSSR count). The van der Waals surface area contributed by atoms with Crippen LogP contribution in [0.4, 0.5) is 11.4 Å². The molecule has 26 heavy (non-hydrogen) atoms. The van der Waals surface area contributed by atoms with Gasteiger partial charge in [0, 0.05) is 31.2 Å². The molecule has 0 radical (unpaired) electrons. The van der Waals surface area contributed by atoms with Crippen molar-refractivity contribution in [1.29, 1.82) is 0 Å². The summed E-state index contributed by atoms with van der Waals surface area (Å²) in [6.07, 6.45) is 0. The number of rotatable bonds is 3. The zero-order chi connectivity index (χ0) is 17.2. The van der Waals surface area contributed by atoms with Gasteiger partial charge in [-0.3, -0.25) is 4.79 Å². The number of nitrogens with one attached hydrogen (secondary N) is 1. The Labute approximate surface area is 164 Å². The molecule has 2 aliphatic rings. The van der Waals surface area contributed by atoms with Gasteiger partial charge in [-0.25, -0.2) is 0 Å². The number of hydrogen-bond acceptors (Lipinski definition) is 4. The van der Waals surface area contributed by atoms with Gasteiger partial charge in [-0.05, 0) is 29.8 Å². The molecule has 0 unspecified atom stereocenters. The Bertz CT molecular complexity index is 777. The van der Waals surface area contributed by atoms with Gasteiger partial charge in [0.05, 0.1) is 17.9 Å². The number of amides is 1. The molecule has 2 aromatic rings. The molecule has 7 heteroatoms. The summed E-state index contributed by atoms with van der Waals surface area (Å²) < 4.78 is 5.83. The molecule has 1 fully saturated rings. The summed E-state index contributed by atoms with van der Waals surface area (Å²) >= 11 is 5.96. The van der Waals surface area contributed by atoms with Crippen molar-refractivity contribution in [3.05, 3.63) is 53.1 Å². The third-order valence-corrected chi connectivity index (χ3v) is 4.87. The highest BCUT2D eigenvalue weighted by Gasteiger charge is 2.29. The highest BCUT2D eigenvalue weighted by atomic mass is 35.5. The fraction of sp³-hybridized carbons (Fsp3) is 0.316. The molecule has 2 heterocycles. The number of hydrogen-bond donors (Lipinski definition) is 1. The van der Waals surface area contributed by atoms with Gasteiger partial charge in [0.15, 0.2) is 12.4 Å².